The molecule has 5 heteroatoms. The van der Waals surface area contributed by atoms with Crippen LogP contribution < -0.4 is 4.74 Å². The standard InChI is InChI=1S/C29H46O4Si/c1-21(2)34(22(3)4,23(5)6)33-20-27(18-25-12-10-9-11-13-25)29(30)24(7)32-19-26-14-16-28(31-8)17-15-26/h9-17,21-24,27,29-30H,18-20H2,1-8H3/t24-,27-,29-/m0/s1. The Morgan fingerprint density at radius 1 is 0.765 bits per heavy atom. The van der Waals surface area contributed by atoms with E-state index in [0.29, 0.717) is 29.8 Å². The molecule has 4 nitrogen and oxygen atoms in total. The second kappa shape index (κ2) is 13.4. The molecule has 0 spiro atoms. The van der Waals surface area contributed by atoms with E-state index in [1.165, 1.54) is 5.56 Å². The molecule has 0 amide bonds. The number of aliphatic hydroxyl groups excluding tert-OH is 1. The number of hydrogen-bond donors (Lipinski definition) is 1. The van der Waals surface area contributed by atoms with E-state index < -0.39 is 14.4 Å². The smallest absolute Gasteiger partial charge is 0.200 e. The number of hydrogen-bond acceptors (Lipinski definition) is 4. The third-order valence-electron chi connectivity index (χ3n) is 7.23. The van der Waals surface area contributed by atoms with Crippen LogP contribution in [-0.2, 0) is 22.2 Å². The molecular formula is C29H46O4Si. The number of rotatable bonds is 14. The Bertz CT molecular complexity index is 798. The van der Waals surface area contributed by atoms with Crippen molar-refractivity contribution in [3.8, 4) is 5.75 Å². The Balaban J connectivity index is 2.15. The monoisotopic (exact) mass is 486 g/mol. The van der Waals surface area contributed by atoms with Gasteiger partial charge in [-0.2, -0.15) is 0 Å². The summed E-state index contributed by atoms with van der Waals surface area (Å²) in [4.78, 5) is 0. The lowest BCUT2D eigenvalue weighted by atomic mass is 9.92. The minimum absolute atomic E-state index is 0.0450. The van der Waals surface area contributed by atoms with E-state index in [1.807, 2.05) is 37.3 Å². The third kappa shape index (κ3) is 7.42. The van der Waals surface area contributed by atoms with Crippen molar-refractivity contribution in [2.75, 3.05) is 13.7 Å². The Kier molecular flexibility index (Phi) is 11.3. The van der Waals surface area contributed by atoms with Gasteiger partial charge in [-0.15, -0.1) is 0 Å². The van der Waals surface area contributed by atoms with Crippen molar-refractivity contribution in [2.24, 2.45) is 5.92 Å². The summed E-state index contributed by atoms with van der Waals surface area (Å²) in [5.41, 5.74) is 3.78. The molecule has 34 heavy (non-hydrogen) atoms. The Hall–Kier alpha value is -1.66. The zero-order valence-electron chi connectivity index (χ0n) is 22.5. The fourth-order valence-corrected chi connectivity index (χ4v) is 10.9. The van der Waals surface area contributed by atoms with E-state index in [0.717, 1.165) is 17.7 Å². The minimum atomic E-state index is -2.03. The van der Waals surface area contributed by atoms with Crippen molar-refractivity contribution in [3.05, 3.63) is 65.7 Å². The average molecular weight is 487 g/mol. The van der Waals surface area contributed by atoms with Gasteiger partial charge in [0.2, 0.25) is 0 Å². The van der Waals surface area contributed by atoms with Gasteiger partial charge in [0.25, 0.3) is 0 Å². The average Bonchev–Trinajstić information content (AvgIpc) is 2.82. The van der Waals surface area contributed by atoms with Gasteiger partial charge in [0.1, 0.15) is 5.75 Å². The fourth-order valence-electron chi connectivity index (χ4n) is 5.38. The molecular weight excluding hydrogens is 440 g/mol. The summed E-state index contributed by atoms with van der Waals surface area (Å²) in [6, 6.07) is 18.2. The first kappa shape index (κ1) is 28.6. The first-order valence-electron chi connectivity index (χ1n) is 12.7. The zero-order chi connectivity index (χ0) is 25.3. The van der Waals surface area contributed by atoms with Crippen molar-refractivity contribution in [1.82, 2.24) is 0 Å². The first-order valence-corrected chi connectivity index (χ1v) is 14.9. The van der Waals surface area contributed by atoms with Gasteiger partial charge in [0, 0.05) is 12.5 Å². The highest BCUT2D eigenvalue weighted by Gasteiger charge is 2.45. The Labute approximate surface area is 208 Å². The number of aliphatic hydroxyl groups is 1. The summed E-state index contributed by atoms with van der Waals surface area (Å²) in [6.45, 7) is 16.8. The third-order valence-corrected chi connectivity index (χ3v) is 13.3. The van der Waals surface area contributed by atoms with Crippen LogP contribution in [0.1, 0.15) is 59.6 Å². The van der Waals surface area contributed by atoms with Crippen molar-refractivity contribution in [3.63, 3.8) is 0 Å². The van der Waals surface area contributed by atoms with E-state index >= 15 is 0 Å². The van der Waals surface area contributed by atoms with E-state index in [9.17, 15) is 5.11 Å². The molecule has 0 aliphatic heterocycles. The molecule has 0 bridgehead atoms. The Morgan fingerprint density at radius 3 is 1.82 bits per heavy atom. The number of ether oxygens (including phenoxy) is 2. The number of methoxy groups -OCH3 is 1. The van der Waals surface area contributed by atoms with Gasteiger partial charge in [-0.1, -0.05) is 84.0 Å². The van der Waals surface area contributed by atoms with Crippen molar-refractivity contribution >= 4 is 8.32 Å². The molecule has 0 unspecified atom stereocenters. The fraction of sp³-hybridized carbons (Fsp3) is 0.586. The van der Waals surface area contributed by atoms with Gasteiger partial charge >= 0.3 is 0 Å². The minimum Gasteiger partial charge on any atom is -0.497 e. The van der Waals surface area contributed by atoms with Crippen molar-refractivity contribution < 1.29 is 19.0 Å². The summed E-state index contributed by atoms with van der Waals surface area (Å²) in [5, 5.41) is 11.4. The van der Waals surface area contributed by atoms with Gasteiger partial charge in [0.05, 0.1) is 25.9 Å². The molecule has 0 radical (unpaired) electrons. The molecule has 3 atom stereocenters. The van der Waals surface area contributed by atoms with Crippen LogP contribution in [0.25, 0.3) is 0 Å². The number of benzene rings is 2. The molecule has 0 fully saturated rings. The van der Waals surface area contributed by atoms with Crippen molar-refractivity contribution in [2.45, 2.75) is 90.3 Å². The van der Waals surface area contributed by atoms with Crippen LogP contribution in [-0.4, -0.2) is 39.3 Å². The summed E-state index contributed by atoms with van der Waals surface area (Å²) < 4.78 is 18.3. The maximum Gasteiger partial charge on any atom is 0.200 e. The molecule has 0 aliphatic rings. The second-order valence-corrected chi connectivity index (χ2v) is 15.9. The maximum atomic E-state index is 11.4. The Morgan fingerprint density at radius 2 is 1.32 bits per heavy atom. The van der Waals surface area contributed by atoms with Crippen LogP contribution in [0, 0.1) is 5.92 Å². The van der Waals surface area contributed by atoms with Gasteiger partial charge in [-0.25, -0.2) is 0 Å². The summed E-state index contributed by atoms with van der Waals surface area (Å²) in [5.74, 6) is 0.779. The van der Waals surface area contributed by atoms with Crippen LogP contribution in [0.15, 0.2) is 54.6 Å². The molecule has 2 aromatic carbocycles. The summed E-state index contributed by atoms with van der Waals surface area (Å²) >= 11 is 0. The van der Waals surface area contributed by atoms with Gasteiger partial charge in [-0.05, 0) is 53.2 Å². The van der Waals surface area contributed by atoms with Crippen molar-refractivity contribution in [1.29, 1.82) is 0 Å². The molecule has 2 rings (SSSR count). The van der Waals surface area contributed by atoms with E-state index in [1.54, 1.807) is 7.11 Å². The molecule has 0 saturated heterocycles. The SMILES string of the molecule is COc1ccc(CO[C@@H](C)[C@H](O)[C@H](CO[Si](C(C)C)(C(C)C)C(C)C)Cc2ccccc2)cc1. The highest BCUT2D eigenvalue weighted by atomic mass is 28.4. The van der Waals surface area contributed by atoms with Crippen LogP contribution in [0.3, 0.4) is 0 Å². The first-order chi connectivity index (χ1) is 16.1. The maximum absolute atomic E-state index is 11.4. The summed E-state index contributed by atoms with van der Waals surface area (Å²) in [6.07, 6.45) is -0.180. The van der Waals surface area contributed by atoms with Crippen LogP contribution in [0.5, 0.6) is 5.75 Å². The molecule has 0 aromatic heterocycles. The van der Waals surface area contributed by atoms with Crippen LogP contribution in [0.2, 0.25) is 16.6 Å². The molecule has 0 heterocycles. The largest absolute Gasteiger partial charge is 0.497 e. The van der Waals surface area contributed by atoms with Gasteiger partial charge in [-0.3, -0.25) is 0 Å². The molecule has 0 saturated carbocycles. The lowest BCUT2D eigenvalue weighted by molar-refractivity contribution is -0.0677. The summed E-state index contributed by atoms with van der Waals surface area (Å²) in [7, 11) is -0.371. The molecule has 190 valence electrons. The molecule has 1 N–H and O–H groups in total. The van der Waals surface area contributed by atoms with E-state index in [-0.39, 0.29) is 12.0 Å². The van der Waals surface area contributed by atoms with Gasteiger partial charge < -0.3 is 19.0 Å². The quantitative estimate of drug-likeness (QED) is 0.292. The van der Waals surface area contributed by atoms with E-state index in [4.69, 9.17) is 13.9 Å². The zero-order valence-corrected chi connectivity index (χ0v) is 23.5. The van der Waals surface area contributed by atoms with Crippen LogP contribution >= 0.6 is 0 Å². The lowest BCUT2D eigenvalue weighted by Crippen LogP contribution is -2.50. The highest BCUT2D eigenvalue weighted by molar-refractivity contribution is 6.77. The topological polar surface area (TPSA) is 47.9 Å². The second-order valence-electron chi connectivity index (χ2n) is 10.4. The van der Waals surface area contributed by atoms with Gasteiger partial charge in [0.15, 0.2) is 8.32 Å². The van der Waals surface area contributed by atoms with Crippen LogP contribution in [0.4, 0.5) is 0 Å². The normalized spacial score (nSPS) is 15.1. The lowest BCUT2D eigenvalue weighted by Gasteiger charge is -2.43. The molecule has 2 aromatic rings. The highest BCUT2D eigenvalue weighted by Crippen LogP contribution is 2.42. The predicted octanol–water partition coefficient (Wildman–Crippen LogP) is 7.01. The molecule has 0 aliphatic carbocycles. The predicted molar refractivity (Wildman–Crippen MR) is 144 cm³/mol. The van der Waals surface area contributed by atoms with E-state index in [2.05, 4.69) is 65.8 Å².